The van der Waals surface area contributed by atoms with Gasteiger partial charge in [-0.05, 0) is 61.6 Å². The van der Waals surface area contributed by atoms with Crippen molar-refractivity contribution in [1.82, 2.24) is 15.7 Å². The second-order valence-electron chi connectivity index (χ2n) is 11.0. The summed E-state index contributed by atoms with van der Waals surface area (Å²) in [5.74, 6) is -1.28. The zero-order valence-electron chi connectivity index (χ0n) is 21.6. The van der Waals surface area contributed by atoms with Crippen molar-refractivity contribution in [3.8, 4) is 0 Å². The molecule has 1 aliphatic heterocycles. The third-order valence-corrected chi connectivity index (χ3v) is 7.02. The van der Waals surface area contributed by atoms with Gasteiger partial charge in [-0.2, -0.15) is 0 Å². The van der Waals surface area contributed by atoms with Gasteiger partial charge in [0.15, 0.2) is 0 Å². The van der Waals surface area contributed by atoms with Crippen molar-refractivity contribution < 1.29 is 24.0 Å². The number of carbonyl (C=O) groups excluding carboxylic acids is 3. The zero-order valence-corrected chi connectivity index (χ0v) is 21.6. The molecule has 1 unspecified atom stereocenters. The fraction of sp³-hybridized carbons (Fsp3) is 0.654. The lowest BCUT2D eigenvalue weighted by molar-refractivity contribution is -0.142. The molecule has 0 spiro atoms. The van der Waals surface area contributed by atoms with Gasteiger partial charge in [0.1, 0.15) is 18.4 Å². The Bertz CT molecular complexity index is 923. The van der Waals surface area contributed by atoms with Crippen LogP contribution in [-0.4, -0.2) is 60.2 Å². The summed E-state index contributed by atoms with van der Waals surface area (Å²) in [5.41, 5.74) is 2.01. The highest BCUT2D eigenvalue weighted by atomic mass is 19.1. The van der Waals surface area contributed by atoms with Gasteiger partial charge in [0.2, 0.25) is 5.91 Å². The van der Waals surface area contributed by atoms with E-state index in [1.807, 2.05) is 20.8 Å². The molecule has 200 valence electrons. The fourth-order valence-corrected chi connectivity index (χ4v) is 5.09. The Morgan fingerprint density at radius 2 is 1.78 bits per heavy atom. The summed E-state index contributed by atoms with van der Waals surface area (Å²) in [6.45, 7) is 7.23. The predicted molar refractivity (Wildman–Crippen MR) is 136 cm³/mol. The number of urea groups is 1. The second-order valence-corrected chi connectivity index (χ2v) is 11.0. The number of halogens is 1. The van der Waals surface area contributed by atoms with E-state index in [1.54, 1.807) is 11.5 Å². The van der Waals surface area contributed by atoms with Crippen LogP contribution in [0.5, 0.6) is 0 Å². The topological polar surface area (TPSA) is 114 Å². The van der Waals surface area contributed by atoms with Gasteiger partial charge in [-0.1, -0.05) is 33.6 Å². The highest BCUT2D eigenvalue weighted by molar-refractivity contribution is 5.97. The van der Waals surface area contributed by atoms with Crippen LogP contribution < -0.4 is 21.0 Å². The summed E-state index contributed by atoms with van der Waals surface area (Å²) in [7, 11) is 0. The van der Waals surface area contributed by atoms with E-state index in [0.717, 1.165) is 63.7 Å². The fourth-order valence-electron chi connectivity index (χ4n) is 5.09. The smallest absolute Gasteiger partial charge is 0.319 e. The lowest BCUT2D eigenvalue weighted by atomic mass is 9.85. The lowest BCUT2D eigenvalue weighted by Crippen LogP contribution is -2.57. The minimum atomic E-state index is -0.947. The maximum absolute atomic E-state index is 14.1. The molecule has 1 heterocycles. The molecule has 1 saturated carbocycles. The molecule has 2 fully saturated rings. The van der Waals surface area contributed by atoms with Gasteiger partial charge in [0.05, 0.1) is 11.4 Å². The lowest BCUT2D eigenvalue weighted by Gasteiger charge is -2.36. The number of benzene rings is 1. The first kappa shape index (κ1) is 27.7. The van der Waals surface area contributed by atoms with Gasteiger partial charge >= 0.3 is 6.03 Å². The van der Waals surface area contributed by atoms with Gasteiger partial charge in [0.25, 0.3) is 5.91 Å². The summed E-state index contributed by atoms with van der Waals surface area (Å²) in [6.07, 6.45) is 7.30. The van der Waals surface area contributed by atoms with Gasteiger partial charge in [0, 0.05) is 19.6 Å². The monoisotopic (exact) mass is 505 g/mol. The van der Waals surface area contributed by atoms with Crippen molar-refractivity contribution in [1.29, 1.82) is 0 Å². The highest BCUT2D eigenvalue weighted by Gasteiger charge is 2.37. The van der Waals surface area contributed by atoms with Gasteiger partial charge in [-0.15, -0.1) is 0 Å². The molecule has 1 aliphatic carbocycles. The predicted octanol–water partition coefficient (Wildman–Crippen LogP) is 3.88. The Balaban J connectivity index is 1.77. The van der Waals surface area contributed by atoms with E-state index in [1.165, 1.54) is 17.0 Å². The van der Waals surface area contributed by atoms with Gasteiger partial charge in [-0.25, -0.2) is 14.7 Å². The molecule has 1 aromatic rings. The maximum atomic E-state index is 14.1. The molecule has 9 nitrogen and oxygen atoms in total. The third kappa shape index (κ3) is 7.56. The third-order valence-electron chi connectivity index (χ3n) is 7.02. The molecule has 0 aromatic heterocycles. The molecule has 0 bridgehead atoms. The van der Waals surface area contributed by atoms with Crippen molar-refractivity contribution in [3.05, 3.63) is 24.0 Å². The number of amides is 4. The molecule has 0 radical (unpaired) electrons. The van der Waals surface area contributed by atoms with Crippen LogP contribution in [0.2, 0.25) is 0 Å². The summed E-state index contributed by atoms with van der Waals surface area (Å²) in [5, 5.41) is 14.6. The van der Waals surface area contributed by atoms with E-state index in [9.17, 15) is 18.8 Å². The van der Waals surface area contributed by atoms with Crippen LogP contribution >= 0.6 is 0 Å². The molecule has 1 atom stereocenters. The number of anilines is 2. The molecule has 10 heteroatoms. The molecule has 4 N–H and O–H groups in total. The molecular weight excluding hydrogens is 465 g/mol. The second kappa shape index (κ2) is 12.4. The first-order valence-corrected chi connectivity index (χ1v) is 12.9. The van der Waals surface area contributed by atoms with Crippen molar-refractivity contribution in [2.75, 3.05) is 36.4 Å². The average Bonchev–Trinajstić information content (AvgIpc) is 3.35. The number of nitrogens with zero attached hydrogens (tertiary/aromatic N) is 2. The SMILES string of the molecule is CC(C)(C)C(NC(=O)Nc1cc(F)ccc1N1CCCCC1)C(=O)N(CC(=O)NO)CC1CCCC1. The van der Waals surface area contributed by atoms with Crippen LogP contribution in [0.4, 0.5) is 20.6 Å². The number of rotatable bonds is 8. The molecule has 4 amide bonds. The number of hydroxylamine groups is 1. The van der Waals surface area contributed by atoms with Gasteiger partial charge in [-0.3, -0.25) is 14.8 Å². The van der Waals surface area contributed by atoms with E-state index in [4.69, 9.17) is 5.21 Å². The van der Waals surface area contributed by atoms with Gasteiger partial charge < -0.3 is 20.4 Å². The summed E-state index contributed by atoms with van der Waals surface area (Å²) < 4.78 is 14.1. The number of hydrogen-bond acceptors (Lipinski definition) is 5. The van der Waals surface area contributed by atoms with Crippen LogP contribution in [0.3, 0.4) is 0 Å². The Kier molecular flexibility index (Phi) is 9.53. The van der Waals surface area contributed by atoms with E-state index < -0.39 is 35.1 Å². The molecule has 3 rings (SSSR count). The zero-order chi connectivity index (χ0) is 26.3. The quantitative estimate of drug-likeness (QED) is 0.316. The van der Waals surface area contributed by atoms with Crippen LogP contribution in [-0.2, 0) is 9.59 Å². The minimum absolute atomic E-state index is 0.272. The van der Waals surface area contributed by atoms with E-state index in [-0.39, 0.29) is 12.5 Å². The Morgan fingerprint density at radius 3 is 2.39 bits per heavy atom. The van der Waals surface area contributed by atoms with Crippen LogP contribution in [0.25, 0.3) is 0 Å². The summed E-state index contributed by atoms with van der Waals surface area (Å²) in [6, 6.07) is 2.76. The maximum Gasteiger partial charge on any atom is 0.319 e. The molecule has 1 saturated heterocycles. The normalized spacial score (nSPS) is 17.4. The number of carbonyl (C=O) groups is 3. The molecule has 2 aliphatic rings. The van der Waals surface area contributed by atoms with E-state index in [0.29, 0.717) is 12.2 Å². The average molecular weight is 506 g/mol. The highest BCUT2D eigenvalue weighted by Crippen LogP contribution is 2.30. The molecule has 36 heavy (non-hydrogen) atoms. The van der Waals surface area contributed by atoms with E-state index in [2.05, 4.69) is 15.5 Å². The van der Waals surface area contributed by atoms with Crippen LogP contribution in [0.15, 0.2) is 18.2 Å². The van der Waals surface area contributed by atoms with E-state index >= 15 is 0 Å². The number of hydrogen-bond donors (Lipinski definition) is 4. The first-order valence-electron chi connectivity index (χ1n) is 12.9. The number of piperidine rings is 1. The number of nitrogens with one attached hydrogen (secondary N) is 3. The van der Waals surface area contributed by atoms with Crippen molar-refractivity contribution >= 4 is 29.2 Å². The van der Waals surface area contributed by atoms with Crippen molar-refractivity contribution in [3.63, 3.8) is 0 Å². The standard InChI is InChI=1S/C26H40FN5O4/c1-26(2,3)23(24(34)32(17-22(33)30-36)16-18-9-5-6-10-18)29-25(35)28-20-15-19(27)11-12-21(20)31-13-7-4-8-14-31/h11-12,15,18,23,36H,4-10,13-14,16-17H2,1-3H3,(H,30,33)(H2,28,29,35). The summed E-state index contributed by atoms with van der Waals surface area (Å²) in [4.78, 5) is 42.3. The van der Waals surface area contributed by atoms with Crippen LogP contribution in [0, 0.1) is 17.2 Å². The van der Waals surface area contributed by atoms with Crippen molar-refractivity contribution in [2.45, 2.75) is 71.8 Å². The Morgan fingerprint density at radius 1 is 1.11 bits per heavy atom. The first-order chi connectivity index (χ1) is 17.1. The van der Waals surface area contributed by atoms with Crippen LogP contribution in [0.1, 0.15) is 65.7 Å². The minimum Gasteiger partial charge on any atom is -0.370 e. The Labute approximate surface area is 212 Å². The largest absolute Gasteiger partial charge is 0.370 e. The molecular formula is C26H40FN5O4. The Hall–Kier alpha value is -2.88. The summed E-state index contributed by atoms with van der Waals surface area (Å²) >= 11 is 0. The van der Waals surface area contributed by atoms with Crippen molar-refractivity contribution in [2.24, 2.45) is 11.3 Å². The molecule has 1 aromatic carbocycles.